The van der Waals surface area contributed by atoms with Crippen molar-refractivity contribution >= 4 is 42.0 Å². The highest BCUT2D eigenvalue weighted by atomic mass is 16.7. The third kappa shape index (κ3) is 17.3. The number of carbonyl (C=O) groups excluding carboxylic acids is 7. The predicted octanol–water partition coefficient (Wildman–Crippen LogP) is 8.54. The minimum atomic E-state index is -1.04. The zero-order chi connectivity index (χ0) is 47.3. The van der Waals surface area contributed by atoms with Crippen molar-refractivity contribution in [2.75, 3.05) is 27.4 Å². The number of ether oxygens (including phenoxy) is 9. The number of esters is 6. The molecule has 1 atom stereocenters. The van der Waals surface area contributed by atoms with E-state index in [4.69, 9.17) is 42.6 Å². The van der Waals surface area contributed by atoms with E-state index in [1.54, 1.807) is 32.9 Å². The number of benzene rings is 2. The van der Waals surface area contributed by atoms with Crippen LogP contribution in [0.25, 0.3) is 0 Å². The lowest BCUT2D eigenvalue weighted by molar-refractivity contribution is -0.166. The van der Waals surface area contributed by atoms with Gasteiger partial charge in [0.15, 0.2) is 11.9 Å². The molecule has 3 rings (SSSR count). The molecule has 1 unspecified atom stereocenters. The molecule has 0 saturated heterocycles. The molecule has 0 aliphatic carbocycles. The summed E-state index contributed by atoms with van der Waals surface area (Å²) >= 11 is 0. The van der Waals surface area contributed by atoms with Crippen molar-refractivity contribution in [3.8, 4) is 17.2 Å². The molecule has 0 radical (unpaired) electrons. The molecule has 1 heterocycles. The summed E-state index contributed by atoms with van der Waals surface area (Å²) in [5, 5.41) is 0. The first-order valence-electron chi connectivity index (χ1n) is 21.7. The molecule has 16 nitrogen and oxygen atoms in total. The summed E-state index contributed by atoms with van der Waals surface area (Å²) in [5.74, 6) is -1.85. The number of carbonyl (C=O) groups is 7. The van der Waals surface area contributed by atoms with Gasteiger partial charge < -0.3 is 42.6 Å². The van der Waals surface area contributed by atoms with Gasteiger partial charge in [-0.2, -0.15) is 0 Å². The summed E-state index contributed by atoms with van der Waals surface area (Å²) in [4.78, 5) is 85.3. The number of hydrogen-bond acceptors (Lipinski definition) is 16. The standard InChI is InChI=1S/C48H64O16/c1-29(19-21-40(51)56-8)18-20-38-45(57-9)33(5)39-28-60-47(54)43(39)46(38)64-48(55)61-25-36-23-31(3)44(32(4)24-36)63-41(52)17-15-13-11-10-12-14-16-30(2)22-42(53)62-37(26-58-34(6)49)27-59-35(7)50/h18,23-24,30,37H,10-17,19-22,25-28H2,1-9H3/b29-18+. The van der Waals surface area contributed by atoms with E-state index in [0.29, 0.717) is 57.7 Å². The second-order valence-electron chi connectivity index (χ2n) is 16.1. The molecule has 1 aliphatic rings. The Labute approximate surface area is 375 Å². The van der Waals surface area contributed by atoms with Crippen LogP contribution in [-0.2, 0) is 72.0 Å². The van der Waals surface area contributed by atoms with Gasteiger partial charge in [0, 0.05) is 44.2 Å². The van der Waals surface area contributed by atoms with Gasteiger partial charge in [0.2, 0.25) is 0 Å². The largest absolute Gasteiger partial charge is 0.514 e. The summed E-state index contributed by atoms with van der Waals surface area (Å²) in [6, 6.07) is 3.52. The third-order valence-corrected chi connectivity index (χ3v) is 10.6. The van der Waals surface area contributed by atoms with Crippen molar-refractivity contribution in [1.82, 2.24) is 0 Å². The van der Waals surface area contributed by atoms with Gasteiger partial charge in [-0.1, -0.05) is 57.1 Å². The van der Waals surface area contributed by atoms with E-state index < -0.39 is 36.1 Å². The van der Waals surface area contributed by atoms with Crippen LogP contribution in [0.3, 0.4) is 0 Å². The van der Waals surface area contributed by atoms with Gasteiger partial charge in [-0.15, -0.1) is 0 Å². The summed E-state index contributed by atoms with van der Waals surface area (Å²) in [6.45, 7) is 11.2. The quantitative estimate of drug-likeness (QED) is 0.0217. The molecule has 0 amide bonds. The molecule has 352 valence electrons. The third-order valence-electron chi connectivity index (χ3n) is 10.6. The summed E-state index contributed by atoms with van der Waals surface area (Å²) < 4.78 is 48.0. The van der Waals surface area contributed by atoms with E-state index in [9.17, 15) is 33.6 Å². The first kappa shape index (κ1) is 52.4. The highest BCUT2D eigenvalue weighted by Crippen LogP contribution is 2.43. The van der Waals surface area contributed by atoms with E-state index in [0.717, 1.165) is 44.1 Å². The maximum atomic E-state index is 13.2. The van der Waals surface area contributed by atoms with Crippen LogP contribution in [0.2, 0.25) is 0 Å². The molecule has 2 aromatic carbocycles. The molecular weight excluding hydrogens is 833 g/mol. The monoisotopic (exact) mass is 896 g/mol. The lowest BCUT2D eigenvalue weighted by atomic mass is 9.94. The van der Waals surface area contributed by atoms with Gasteiger partial charge in [-0.25, -0.2) is 9.59 Å². The number of unbranched alkanes of at least 4 members (excludes halogenated alkanes) is 5. The second kappa shape index (κ2) is 26.6. The van der Waals surface area contributed by atoms with Crippen LogP contribution in [0.1, 0.15) is 142 Å². The zero-order valence-electron chi connectivity index (χ0n) is 38.7. The SMILES string of the molecule is COC(=O)CC/C(C)=C/Cc1c(OC)c(C)c2c(c1OC(=O)OCc1cc(C)c(OC(=O)CCCCCCCCC(C)CC(=O)OC(COC(C)=O)COC(C)=O)c(C)c1)C(=O)OC2. The van der Waals surface area contributed by atoms with Crippen molar-refractivity contribution < 1.29 is 76.2 Å². The van der Waals surface area contributed by atoms with Crippen molar-refractivity contribution in [2.24, 2.45) is 5.92 Å². The fourth-order valence-electron chi connectivity index (χ4n) is 7.23. The maximum absolute atomic E-state index is 13.2. The van der Waals surface area contributed by atoms with Crippen LogP contribution < -0.4 is 14.2 Å². The van der Waals surface area contributed by atoms with Crippen molar-refractivity contribution in [1.29, 1.82) is 0 Å². The predicted molar refractivity (Wildman–Crippen MR) is 232 cm³/mol. The Morgan fingerprint density at radius 3 is 1.97 bits per heavy atom. The number of methoxy groups -OCH3 is 2. The fraction of sp³-hybridized carbons (Fsp3) is 0.562. The first-order chi connectivity index (χ1) is 30.4. The molecule has 0 aromatic heterocycles. The highest BCUT2D eigenvalue weighted by molar-refractivity contribution is 5.99. The topological polar surface area (TPSA) is 203 Å². The Morgan fingerprint density at radius 1 is 0.734 bits per heavy atom. The molecule has 64 heavy (non-hydrogen) atoms. The molecule has 2 aromatic rings. The first-order valence-corrected chi connectivity index (χ1v) is 21.7. The van der Waals surface area contributed by atoms with Crippen LogP contribution in [0.15, 0.2) is 23.8 Å². The van der Waals surface area contributed by atoms with Gasteiger partial charge in [-0.3, -0.25) is 24.0 Å². The summed E-state index contributed by atoms with van der Waals surface area (Å²) in [6.07, 6.45) is 7.53. The Kier molecular flexibility index (Phi) is 21.8. The van der Waals surface area contributed by atoms with Crippen LogP contribution in [0, 0.1) is 26.7 Å². The molecule has 0 saturated carbocycles. The van der Waals surface area contributed by atoms with Crippen LogP contribution in [0.5, 0.6) is 17.2 Å². The van der Waals surface area contributed by atoms with E-state index >= 15 is 0 Å². The van der Waals surface area contributed by atoms with Gasteiger partial charge in [-0.05, 0) is 87.3 Å². The van der Waals surface area contributed by atoms with Crippen molar-refractivity contribution in [2.45, 2.75) is 145 Å². The van der Waals surface area contributed by atoms with Gasteiger partial charge in [0.1, 0.15) is 43.5 Å². The van der Waals surface area contributed by atoms with E-state index in [1.165, 1.54) is 28.1 Å². The number of aryl methyl sites for hydroxylation is 2. The fourth-order valence-corrected chi connectivity index (χ4v) is 7.23. The van der Waals surface area contributed by atoms with Crippen molar-refractivity contribution in [3.63, 3.8) is 0 Å². The number of fused-ring (bicyclic) bond motifs is 1. The number of rotatable bonds is 26. The van der Waals surface area contributed by atoms with E-state index in [-0.39, 0.29) is 81.3 Å². The lowest BCUT2D eigenvalue weighted by Crippen LogP contribution is -2.30. The summed E-state index contributed by atoms with van der Waals surface area (Å²) in [5.41, 5.74) is 4.73. The molecule has 0 bridgehead atoms. The van der Waals surface area contributed by atoms with Gasteiger partial charge in [0.05, 0.1) is 14.2 Å². The minimum Gasteiger partial charge on any atom is -0.496 e. The highest BCUT2D eigenvalue weighted by Gasteiger charge is 2.34. The molecular formula is C48H64O16. The number of allylic oxidation sites excluding steroid dienone is 2. The lowest BCUT2D eigenvalue weighted by Gasteiger charge is -2.19. The van der Waals surface area contributed by atoms with E-state index in [2.05, 4.69) is 0 Å². The van der Waals surface area contributed by atoms with Crippen LogP contribution in [0.4, 0.5) is 4.79 Å². The minimum absolute atomic E-state index is 0.00395. The van der Waals surface area contributed by atoms with Crippen LogP contribution in [-0.4, -0.2) is 75.5 Å². The van der Waals surface area contributed by atoms with Crippen LogP contribution >= 0.6 is 0 Å². The molecule has 16 heteroatoms. The van der Waals surface area contributed by atoms with Crippen molar-refractivity contribution in [3.05, 3.63) is 62.7 Å². The Morgan fingerprint density at radius 2 is 1.36 bits per heavy atom. The number of hydrogen-bond donors (Lipinski definition) is 0. The molecule has 1 aliphatic heterocycles. The molecule has 0 N–H and O–H groups in total. The maximum Gasteiger partial charge on any atom is 0.514 e. The second-order valence-corrected chi connectivity index (χ2v) is 16.1. The summed E-state index contributed by atoms with van der Waals surface area (Å²) in [7, 11) is 2.82. The average molecular weight is 897 g/mol. The van der Waals surface area contributed by atoms with Gasteiger partial charge >= 0.3 is 42.0 Å². The Bertz CT molecular complexity index is 1970. The van der Waals surface area contributed by atoms with Gasteiger partial charge in [0.25, 0.3) is 0 Å². The smallest absolute Gasteiger partial charge is 0.496 e. The normalized spacial score (nSPS) is 12.5. The number of cyclic esters (lactones) is 1. The zero-order valence-corrected chi connectivity index (χ0v) is 38.7. The molecule has 0 fully saturated rings. The van der Waals surface area contributed by atoms with E-state index in [1.807, 2.05) is 19.9 Å². The Hall–Kier alpha value is -5.93. The average Bonchev–Trinajstić information content (AvgIpc) is 3.63. The molecule has 0 spiro atoms. The Balaban J connectivity index is 1.45.